The van der Waals surface area contributed by atoms with E-state index in [0.717, 1.165) is 15.3 Å². The summed E-state index contributed by atoms with van der Waals surface area (Å²) >= 11 is 6.24. The van der Waals surface area contributed by atoms with Crippen LogP contribution in [0.5, 0.6) is 0 Å². The van der Waals surface area contributed by atoms with E-state index < -0.39 is 5.97 Å². The molecular formula is C11H8O2S2. The van der Waals surface area contributed by atoms with Crippen molar-refractivity contribution in [2.24, 2.45) is 0 Å². The van der Waals surface area contributed by atoms with Gasteiger partial charge < -0.3 is 5.11 Å². The summed E-state index contributed by atoms with van der Waals surface area (Å²) in [7, 11) is 0. The van der Waals surface area contributed by atoms with Crippen molar-refractivity contribution < 1.29 is 9.90 Å². The van der Waals surface area contributed by atoms with E-state index >= 15 is 0 Å². The Morgan fingerprint density at radius 2 is 2.00 bits per heavy atom. The molecule has 0 spiro atoms. The Balaban J connectivity index is 2.46. The zero-order valence-corrected chi connectivity index (χ0v) is 9.40. The van der Waals surface area contributed by atoms with Gasteiger partial charge in [-0.2, -0.15) is 0 Å². The molecule has 1 N–H and O–H groups in total. The molecule has 1 aliphatic rings. The number of carbonyl (C=O) groups is 1. The van der Waals surface area contributed by atoms with Crippen LogP contribution < -0.4 is 0 Å². The molecule has 1 aromatic rings. The third kappa shape index (κ3) is 2.11. The maximum Gasteiger partial charge on any atom is 0.342 e. The summed E-state index contributed by atoms with van der Waals surface area (Å²) < 4.78 is 0.728. The van der Waals surface area contributed by atoms with Crippen LogP contribution in [-0.4, -0.2) is 15.3 Å². The van der Waals surface area contributed by atoms with Crippen LogP contribution in [0.3, 0.4) is 0 Å². The number of allylic oxidation sites excluding steroid dienone is 1. The Kier molecular flexibility index (Phi) is 2.88. The van der Waals surface area contributed by atoms with Crippen LogP contribution in [0.4, 0.5) is 0 Å². The number of rotatable bonds is 2. The van der Waals surface area contributed by atoms with Crippen LogP contribution in [0.25, 0.3) is 5.57 Å². The van der Waals surface area contributed by atoms with E-state index in [0.29, 0.717) is 11.3 Å². The van der Waals surface area contributed by atoms with Crippen LogP contribution in [0.2, 0.25) is 0 Å². The van der Waals surface area contributed by atoms with Crippen molar-refractivity contribution in [3.63, 3.8) is 0 Å². The van der Waals surface area contributed by atoms with E-state index in [9.17, 15) is 4.79 Å². The largest absolute Gasteiger partial charge is 0.477 e. The second-order valence-corrected chi connectivity index (χ2v) is 4.99. The second-order valence-electron chi connectivity index (χ2n) is 3.13. The molecule has 0 saturated carbocycles. The number of hydrogen-bond donors (Lipinski definition) is 1. The molecule has 0 saturated heterocycles. The zero-order valence-electron chi connectivity index (χ0n) is 7.77. The Hall–Kier alpha value is -1.13. The fourth-order valence-corrected chi connectivity index (χ4v) is 2.72. The summed E-state index contributed by atoms with van der Waals surface area (Å²) in [6.45, 7) is 0. The van der Waals surface area contributed by atoms with Crippen LogP contribution in [0.15, 0.2) is 35.2 Å². The van der Waals surface area contributed by atoms with Crippen LogP contribution in [-0.2, 0) is 4.79 Å². The fourth-order valence-electron chi connectivity index (χ4n) is 1.48. The summed E-state index contributed by atoms with van der Waals surface area (Å²) in [6.07, 6.45) is 0.575. The number of aliphatic carboxylic acids is 1. The molecule has 2 nitrogen and oxygen atoms in total. The van der Waals surface area contributed by atoms with Gasteiger partial charge in [0.05, 0.1) is 4.20 Å². The quantitative estimate of drug-likeness (QED) is 0.801. The highest BCUT2D eigenvalue weighted by Gasteiger charge is 2.25. The van der Waals surface area contributed by atoms with E-state index in [1.165, 1.54) is 11.8 Å². The Morgan fingerprint density at radius 3 is 2.60 bits per heavy atom. The van der Waals surface area contributed by atoms with Crippen molar-refractivity contribution in [2.45, 2.75) is 6.42 Å². The van der Waals surface area contributed by atoms with Gasteiger partial charge in [-0.15, -0.1) is 0 Å². The minimum absolute atomic E-state index is 0.367. The molecule has 0 unspecified atom stereocenters. The molecule has 76 valence electrons. The first-order chi connectivity index (χ1) is 7.18. The molecule has 0 aliphatic carbocycles. The highest BCUT2D eigenvalue weighted by atomic mass is 32.2. The van der Waals surface area contributed by atoms with Gasteiger partial charge in [-0.05, 0) is 11.1 Å². The Bertz CT molecular complexity index is 449. The van der Waals surface area contributed by atoms with Gasteiger partial charge in [0, 0.05) is 6.42 Å². The van der Waals surface area contributed by atoms with E-state index in [1.54, 1.807) is 0 Å². The van der Waals surface area contributed by atoms with Crippen molar-refractivity contribution in [1.82, 2.24) is 0 Å². The lowest BCUT2D eigenvalue weighted by atomic mass is 10.0. The van der Waals surface area contributed by atoms with E-state index in [4.69, 9.17) is 17.3 Å². The van der Waals surface area contributed by atoms with E-state index in [-0.39, 0.29) is 0 Å². The molecule has 1 heterocycles. The van der Waals surface area contributed by atoms with Crippen molar-refractivity contribution in [2.75, 3.05) is 0 Å². The normalized spacial score (nSPS) is 15.9. The summed E-state index contributed by atoms with van der Waals surface area (Å²) in [5, 5.41) is 9.02. The predicted molar refractivity (Wildman–Crippen MR) is 65.8 cm³/mol. The smallest absolute Gasteiger partial charge is 0.342 e. The molecule has 1 aromatic carbocycles. The molecule has 0 aromatic heterocycles. The fraction of sp³-hybridized carbons (Fsp3) is 0.0909. The summed E-state index contributed by atoms with van der Waals surface area (Å²) in [5.74, 6) is -0.890. The van der Waals surface area contributed by atoms with Gasteiger partial charge in [-0.3, -0.25) is 0 Å². The number of carboxylic acids is 1. The molecule has 0 amide bonds. The van der Waals surface area contributed by atoms with Gasteiger partial charge in [0.2, 0.25) is 0 Å². The zero-order chi connectivity index (χ0) is 10.8. The molecular weight excluding hydrogens is 228 g/mol. The summed E-state index contributed by atoms with van der Waals surface area (Å²) in [6, 6.07) is 9.52. The molecule has 0 bridgehead atoms. The number of thiocarbonyl (C=S) groups is 1. The van der Waals surface area contributed by atoms with Gasteiger partial charge in [-0.25, -0.2) is 4.79 Å². The highest BCUT2D eigenvalue weighted by molar-refractivity contribution is 8.26. The lowest BCUT2D eigenvalue weighted by Gasteiger charge is -2.01. The Labute approximate surface area is 97.0 Å². The van der Waals surface area contributed by atoms with Crippen LogP contribution in [0, 0.1) is 0 Å². The maximum absolute atomic E-state index is 11.0. The monoisotopic (exact) mass is 236 g/mol. The molecule has 0 atom stereocenters. The van der Waals surface area contributed by atoms with Crippen molar-refractivity contribution in [3.05, 3.63) is 40.8 Å². The minimum Gasteiger partial charge on any atom is -0.477 e. The minimum atomic E-state index is -0.890. The van der Waals surface area contributed by atoms with Crippen molar-refractivity contribution in [3.8, 4) is 0 Å². The highest BCUT2D eigenvalue weighted by Crippen LogP contribution is 2.39. The van der Waals surface area contributed by atoms with E-state index in [2.05, 4.69) is 0 Å². The third-order valence-corrected chi connectivity index (χ3v) is 3.52. The topological polar surface area (TPSA) is 37.3 Å². The third-order valence-electron chi connectivity index (χ3n) is 2.13. The van der Waals surface area contributed by atoms with Gasteiger partial charge in [0.15, 0.2) is 0 Å². The predicted octanol–water partition coefficient (Wildman–Crippen LogP) is 2.95. The van der Waals surface area contributed by atoms with Crippen LogP contribution >= 0.6 is 24.0 Å². The SMILES string of the molecule is O=C(O)C1=C(c2ccccc2)CC(=S)S1. The van der Waals surface area contributed by atoms with Gasteiger partial charge >= 0.3 is 5.97 Å². The molecule has 4 heteroatoms. The molecule has 1 aliphatic heterocycles. The van der Waals surface area contributed by atoms with Crippen molar-refractivity contribution in [1.29, 1.82) is 0 Å². The molecule has 0 radical (unpaired) electrons. The lowest BCUT2D eigenvalue weighted by Crippen LogP contribution is -1.96. The molecule has 0 fully saturated rings. The number of thioether (sulfide) groups is 1. The average Bonchev–Trinajstić information content (AvgIpc) is 2.62. The Morgan fingerprint density at radius 1 is 1.33 bits per heavy atom. The van der Waals surface area contributed by atoms with E-state index in [1.807, 2.05) is 30.3 Å². The summed E-state index contributed by atoms with van der Waals surface area (Å²) in [5.41, 5.74) is 1.78. The van der Waals surface area contributed by atoms with Gasteiger partial charge in [0.1, 0.15) is 4.91 Å². The van der Waals surface area contributed by atoms with Crippen molar-refractivity contribution >= 4 is 39.7 Å². The summed E-state index contributed by atoms with van der Waals surface area (Å²) in [4.78, 5) is 11.4. The first kappa shape index (κ1) is 10.4. The molecule has 15 heavy (non-hydrogen) atoms. The average molecular weight is 236 g/mol. The maximum atomic E-state index is 11.0. The van der Waals surface area contributed by atoms with Gasteiger partial charge in [-0.1, -0.05) is 54.3 Å². The van der Waals surface area contributed by atoms with Gasteiger partial charge in [0.25, 0.3) is 0 Å². The molecule has 2 rings (SSSR count). The number of hydrogen-bond acceptors (Lipinski definition) is 3. The second kappa shape index (κ2) is 4.16. The first-order valence-electron chi connectivity index (χ1n) is 4.41. The lowest BCUT2D eigenvalue weighted by molar-refractivity contribution is -0.131. The number of benzene rings is 1. The number of carboxylic acid groups (broad SMARTS) is 1. The standard InChI is InChI=1S/C11H8O2S2/c12-11(13)10-8(6-9(14)15-10)7-4-2-1-3-5-7/h1-5H,6H2,(H,12,13). The first-order valence-corrected chi connectivity index (χ1v) is 5.63. The van der Waals surface area contributed by atoms with Crippen LogP contribution in [0.1, 0.15) is 12.0 Å².